The quantitative estimate of drug-likeness (QED) is 0.272. The molecule has 0 fully saturated rings. The van der Waals surface area contributed by atoms with Crippen molar-refractivity contribution in [2.45, 2.75) is 48.0 Å². The maximum atomic E-state index is 9.12. The van der Waals surface area contributed by atoms with Crippen LogP contribution in [0, 0.1) is 18.3 Å². The van der Waals surface area contributed by atoms with Crippen LogP contribution in [0.1, 0.15) is 56.9 Å². The van der Waals surface area contributed by atoms with E-state index in [2.05, 4.69) is 113 Å². The van der Waals surface area contributed by atoms with Crippen LogP contribution in [0.4, 0.5) is 0 Å². The Kier molecular flexibility index (Phi) is 10.3. The second-order valence-corrected chi connectivity index (χ2v) is 8.67. The Balaban J connectivity index is 2.65. The predicted octanol–water partition coefficient (Wildman–Crippen LogP) is 7.70. The smallest absolute Gasteiger partial charge is 0.0473 e. The van der Waals surface area contributed by atoms with Crippen LogP contribution in [-0.4, -0.2) is 18.8 Å². The fourth-order valence-electron chi connectivity index (χ4n) is 3.95. The summed E-state index contributed by atoms with van der Waals surface area (Å²) in [7, 11) is 0. The number of rotatable bonds is 11. The Morgan fingerprint density at radius 1 is 1.06 bits per heavy atom. The van der Waals surface area contributed by atoms with Gasteiger partial charge in [0.15, 0.2) is 0 Å². The van der Waals surface area contributed by atoms with Crippen molar-refractivity contribution in [3.8, 4) is 0 Å². The number of allylic oxidation sites excluding steroid dienone is 6. The minimum absolute atomic E-state index is 0.0819. The molecule has 2 aromatic rings. The zero-order chi connectivity index (χ0) is 24.4. The summed E-state index contributed by atoms with van der Waals surface area (Å²) in [6.45, 7) is 18.5. The third kappa shape index (κ3) is 7.27. The van der Waals surface area contributed by atoms with E-state index >= 15 is 0 Å². The topological polar surface area (TPSA) is 35.9 Å². The lowest BCUT2D eigenvalue weighted by Crippen LogP contribution is -2.30. The molecular weight excluding hydrogens is 400 g/mol. The van der Waals surface area contributed by atoms with Crippen LogP contribution in [0.3, 0.4) is 0 Å². The monoisotopic (exact) mass is 440 g/mol. The Labute approximate surface area is 201 Å². The van der Waals surface area contributed by atoms with Gasteiger partial charge < -0.3 is 10.7 Å². The lowest BCUT2D eigenvalue weighted by atomic mass is 9.83. The molecular formula is C31H40N2. The molecule has 0 radical (unpaired) electrons. The van der Waals surface area contributed by atoms with E-state index in [0.717, 1.165) is 35.2 Å². The van der Waals surface area contributed by atoms with Gasteiger partial charge in [-0.15, -0.1) is 0 Å². The highest BCUT2D eigenvalue weighted by Crippen LogP contribution is 2.29. The first-order valence-electron chi connectivity index (χ1n) is 12.0. The van der Waals surface area contributed by atoms with E-state index in [-0.39, 0.29) is 5.92 Å². The molecule has 0 aliphatic carbocycles. The second-order valence-electron chi connectivity index (χ2n) is 8.67. The van der Waals surface area contributed by atoms with Crippen molar-refractivity contribution in [2.24, 2.45) is 5.92 Å². The van der Waals surface area contributed by atoms with E-state index in [1.54, 1.807) is 0 Å². The molecule has 0 aromatic heterocycles. The summed E-state index contributed by atoms with van der Waals surface area (Å²) in [5.41, 5.74) is 9.79. The van der Waals surface area contributed by atoms with Gasteiger partial charge in [-0.3, -0.25) is 0 Å². The summed E-state index contributed by atoms with van der Waals surface area (Å²) in [5, 5.41) is 12.6. The fourth-order valence-corrected chi connectivity index (χ4v) is 3.95. The van der Waals surface area contributed by atoms with Crippen LogP contribution >= 0.6 is 0 Å². The summed E-state index contributed by atoms with van der Waals surface area (Å²) in [4.78, 5) is 0. The molecule has 0 bridgehead atoms. The van der Waals surface area contributed by atoms with Gasteiger partial charge in [-0.05, 0) is 74.1 Å². The Bertz CT molecular complexity index is 1050. The van der Waals surface area contributed by atoms with Crippen molar-refractivity contribution in [2.75, 3.05) is 13.1 Å². The first kappa shape index (κ1) is 26.3. The predicted molar refractivity (Wildman–Crippen MR) is 146 cm³/mol. The first-order valence-corrected chi connectivity index (χ1v) is 12.0. The van der Waals surface area contributed by atoms with Gasteiger partial charge >= 0.3 is 0 Å². The van der Waals surface area contributed by atoms with Crippen LogP contribution in [-0.2, 0) is 6.42 Å². The van der Waals surface area contributed by atoms with Crippen molar-refractivity contribution in [3.63, 3.8) is 0 Å². The molecule has 2 nitrogen and oxygen atoms in total. The molecule has 0 saturated carbocycles. The lowest BCUT2D eigenvalue weighted by Gasteiger charge is -2.24. The van der Waals surface area contributed by atoms with Crippen molar-refractivity contribution < 1.29 is 0 Å². The van der Waals surface area contributed by atoms with Crippen LogP contribution in [0.2, 0.25) is 0 Å². The molecule has 0 spiro atoms. The summed E-state index contributed by atoms with van der Waals surface area (Å²) < 4.78 is 0. The first-order chi connectivity index (χ1) is 15.8. The highest BCUT2D eigenvalue weighted by Gasteiger charge is 2.22. The Morgan fingerprint density at radius 2 is 1.76 bits per heavy atom. The molecule has 0 aliphatic heterocycles. The molecule has 0 amide bonds. The van der Waals surface area contributed by atoms with Gasteiger partial charge in [0.05, 0.1) is 0 Å². The molecule has 2 N–H and O–H groups in total. The van der Waals surface area contributed by atoms with Gasteiger partial charge in [-0.25, -0.2) is 0 Å². The number of hydrogen-bond acceptors (Lipinski definition) is 2. The molecule has 0 saturated heterocycles. The number of nitrogens with one attached hydrogen (secondary N) is 2. The zero-order valence-corrected chi connectivity index (χ0v) is 21.3. The normalized spacial score (nSPS) is 13.7. The maximum absolute atomic E-state index is 9.12. The van der Waals surface area contributed by atoms with Crippen molar-refractivity contribution in [1.29, 1.82) is 5.41 Å². The summed E-state index contributed by atoms with van der Waals surface area (Å²) in [6, 6.07) is 17.0. The Hall–Kier alpha value is -2.97. The SMILES string of the molecule is C=C(C)C(/C=C(\C)c1cccc(CC)c1)=C(\C=C/C)C(CNCC)C(=N)c1ccc(C)cc1. The highest BCUT2D eigenvalue weighted by atomic mass is 14.8. The van der Waals surface area contributed by atoms with Gasteiger partial charge in [-0.2, -0.15) is 0 Å². The van der Waals surface area contributed by atoms with E-state index in [4.69, 9.17) is 5.41 Å². The summed E-state index contributed by atoms with van der Waals surface area (Å²) in [5.74, 6) is -0.0819. The number of hydrogen-bond donors (Lipinski definition) is 2. The van der Waals surface area contributed by atoms with Gasteiger partial charge in [0.2, 0.25) is 0 Å². The molecule has 174 valence electrons. The van der Waals surface area contributed by atoms with Crippen molar-refractivity contribution in [1.82, 2.24) is 5.32 Å². The van der Waals surface area contributed by atoms with Crippen molar-refractivity contribution >= 4 is 11.3 Å². The second kappa shape index (κ2) is 12.9. The average molecular weight is 441 g/mol. The fraction of sp³-hybridized carbons (Fsp3) is 0.323. The van der Waals surface area contributed by atoms with Crippen LogP contribution < -0.4 is 5.32 Å². The molecule has 1 atom stereocenters. The van der Waals surface area contributed by atoms with Crippen molar-refractivity contribution in [3.05, 3.63) is 112 Å². The lowest BCUT2D eigenvalue weighted by molar-refractivity contribution is 0.655. The molecule has 2 rings (SSSR count). The van der Waals surface area contributed by atoms with Gasteiger partial charge in [0.1, 0.15) is 0 Å². The van der Waals surface area contributed by atoms with Gasteiger partial charge in [-0.1, -0.05) is 98.3 Å². The molecule has 0 aliphatic rings. The minimum Gasteiger partial charge on any atom is -0.316 e. The van der Waals surface area contributed by atoms with E-state index in [1.807, 2.05) is 6.92 Å². The summed E-state index contributed by atoms with van der Waals surface area (Å²) in [6.07, 6.45) is 7.49. The molecule has 1 unspecified atom stereocenters. The number of benzene rings is 2. The van der Waals surface area contributed by atoms with Crippen LogP contribution in [0.25, 0.3) is 5.57 Å². The van der Waals surface area contributed by atoms with Crippen LogP contribution in [0.5, 0.6) is 0 Å². The number of aryl methyl sites for hydroxylation is 2. The standard InChI is InChI=1S/C31H40N2/c1-8-12-28(30(21-33-10-3)31(32)26-17-15-23(6)16-18-26)29(22(4)5)19-24(7)27-14-11-13-25(9-2)20-27/h8,11-20,30,32-33H,4,9-10,21H2,1-3,5-7H3/b12-8-,24-19+,29-28+,32-31?. The summed E-state index contributed by atoms with van der Waals surface area (Å²) >= 11 is 0. The third-order valence-corrected chi connectivity index (χ3v) is 5.95. The van der Waals surface area contributed by atoms with E-state index < -0.39 is 0 Å². The maximum Gasteiger partial charge on any atom is 0.0473 e. The average Bonchev–Trinajstić information content (AvgIpc) is 2.82. The largest absolute Gasteiger partial charge is 0.316 e. The van der Waals surface area contributed by atoms with Gasteiger partial charge in [0.25, 0.3) is 0 Å². The molecule has 33 heavy (non-hydrogen) atoms. The third-order valence-electron chi connectivity index (χ3n) is 5.95. The molecule has 0 heterocycles. The van der Waals surface area contributed by atoms with E-state index in [0.29, 0.717) is 12.3 Å². The van der Waals surface area contributed by atoms with E-state index in [9.17, 15) is 0 Å². The minimum atomic E-state index is -0.0819. The molecule has 2 aromatic carbocycles. The zero-order valence-electron chi connectivity index (χ0n) is 21.3. The Morgan fingerprint density at radius 3 is 2.33 bits per heavy atom. The van der Waals surface area contributed by atoms with Crippen LogP contribution in [0.15, 0.2) is 90.1 Å². The van der Waals surface area contributed by atoms with Gasteiger partial charge in [0, 0.05) is 18.2 Å². The highest BCUT2D eigenvalue weighted by molar-refractivity contribution is 6.02. The molecule has 2 heteroatoms. The van der Waals surface area contributed by atoms with E-state index in [1.165, 1.54) is 22.3 Å².